The molecule has 0 aromatic rings. The van der Waals surface area contributed by atoms with Crippen LogP contribution in [0, 0.1) is 11.8 Å². The van der Waals surface area contributed by atoms with E-state index in [1.807, 2.05) is 0 Å². The molecule has 2 atom stereocenters. The van der Waals surface area contributed by atoms with Crippen LogP contribution in [0.2, 0.25) is 0 Å². The highest BCUT2D eigenvalue weighted by Crippen LogP contribution is 2.31. The highest BCUT2D eigenvalue weighted by molar-refractivity contribution is 4.77. The lowest BCUT2D eigenvalue weighted by atomic mass is 9.81. The Hall–Kier alpha value is -0.180. The first-order valence-corrected chi connectivity index (χ1v) is 5.09. The van der Waals surface area contributed by atoms with E-state index in [1.165, 1.54) is 13.3 Å². The van der Waals surface area contributed by atoms with Crippen LogP contribution in [0.5, 0.6) is 0 Å². The number of aliphatic hydroxyl groups is 1. The first-order valence-electron chi connectivity index (χ1n) is 5.09. The van der Waals surface area contributed by atoms with Crippen molar-refractivity contribution in [1.82, 2.24) is 0 Å². The van der Waals surface area contributed by atoms with Gasteiger partial charge in [0.2, 0.25) is 6.43 Å². The Morgan fingerprint density at radius 1 is 1.15 bits per heavy atom. The van der Waals surface area contributed by atoms with Crippen molar-refractivity contribution in [1.29, 1.82) is 0 Å². The second-order valence-corrected chi connectivity index (χ2v) is 4.08. The van der Waals surface area contributed by atoms with Crippen molar-refractivity contribution in [2.75, 3.05) is 0 Å². The first-order chi connectivity index (χ1) is 6.13. The molecule has 1 fully saturated rings. The van der Waals surface area contributed by atoms with Gasteiger partial charge in [0.25, 0.3) is 0 Å². The molecule has 13 heavy (non-hydrogen) atoms. The molecule has 0 saturated heterocycles. The summed E-state index contributed by atoms with van der Waals surface area (Å²) >= 11 is 0. The molecule has 0 amide bonds. The van der Waals surface area contributed by atoms with Gasteiger partial charge in [0.15, 0.2) is 0 Å². The third-order valence-corrected chi connectivity index (χ3v) is 3.07. The van der Waals surface area contributed by atoms with Gasteiger partial charge in [0.1, 0.15) is 0 Å². The van der Waals surface area contributed by atoms with E-state index < -0.39 is 18.4 Å². The molecule has 2 unspecified atom stereocenters. The summed E-state index contributed by atoms with van der Waals surface area (Å²) in [6.45, 7) is 1.43. The van der Waals surface area contributed by atoms with E-state index in [0.29, 0.717) is 0 Å². The van der Waals surface area contributed by atoms with Crippen LogP contribution < -0.4 is 0 Å². The van der Waals surface area contributed by atoms with Crippen molar-refractivity contribution in [3.05, 3.63) is 0 Å². The van der Waals surface area contributed by atoms with Gasteiger partial charge in [0.05, 0.1) is 6.10 Å². The van der Waals surface area contributed by atoms with Gasteiger partial charge >= 0.3 is 0 Å². The van der Waals surface area contributed by atoms with E-state index in [4.69, 9.17) is 0 Å². The molecule has 0 aromatic heterocycles. The van der Waals surface area contributed by atoms with Gasteiger partial charge in [-0.2, -0.15) is 0 Å². The maximum Gasteiger partial charge on any atom is 0.243 e. The number of hydrogen-bond acceptors (Lipinski definition) is 1. The summed E-state index contributed by atoms with van der Waals surface area (Å²) in [5.74, 6) is -0.763. The van der Waals surface area contributed by atoms with E-state index in [9.17, 15) is 13.9 Å². The molecule has 1 saturated carbocycles. The van der Waals surface area contributed by atoms with Gasteiger partial charge < -0.3 is 5.11 Å². The lowest BCUT2D eigenvalue weighted by molar-refractivity contribution is -0.0344. The zero-order valence-corrected chi connectivity index (χ0v) is 8.05. The summed E-state index contributed by atoms with van der Waals surface area (Å²) in [5.41, 5.74) is 0. The Labute approximate surface area is 78.1 Å². The number of hydrogen-bond donors (Lipinski definition) is 1. The molecular weight excluding hydrogens is 174 g/mol. The van der Waals surface area contributed by atoms with E-state index in [-0.39, 0.29) is 5.92 Å². The lowest BCUT2D eigenvalue weighted by Crippen LogP contribution is -2.32. The van der Waals surface area contributed by atoms with Crippen LogP contribution in [0.25, 0.3) is 0 Å². The Balaban J connectivity index is 2.40. The predicted molar refractivity (Wildman–Crippen MR) is 47.7 cm³/mol. The second kappa shape index (κ2) is 4.89. The summed E-state index contributed by atoms with van der Waals surface area (Å²) in [5, 5.41) is 9.63. The number of halogens is 2. The summed E-state index contributed by atoms with van der Waals surface area (Å²) in [7, 11) is 0. The zero-order valence-electron chi connectivity index (χ0n) is 8.05. The monoisotopic (exact) mass is 192 g/mol. The molecule has 0 heterocycles. The molecule has 0 aromatic carbocycles. The number of rotatable bonds is 3. The lowest BCUT2D eigenvalue weighted by Gasteiger charge is -2.30. The van der Waals surface area contributed by atoms with Crippen LogP contribution in [-0.4, -0.2) is 17.6 Å². The minimum atomic E-state index is -2.39. The zero-order chi connectivity index (χ0) is 9.84. The van der Waals surface area contributed by atoms with Crippen molar-refractivity contribution >= 4 is 0 Å². The smallest absolute Gasteiger partial charge is 0.243 e. The van der Waals surface area contributed by atoms with Gasteiger partial charge in [-0.3, -0.25) is 0 Å². The van der Waals surface area contributed by atoms with Crippen LogP contribution in [-0.2, 0) is 0 Å². The van der Waals surface area contributed by atoms with Gasteiger partial charge in [0, 0.05) is 5.92 Å². The topological polar surface area (TPSA) is 20.2 Å². The minimum Gasteiger partial charge on any atom is -0.392 e. The summed E-state index contributed by atoms with van der Waals surface area (Å²) in [6.07, 6.45) is 1.98. The van der Waals surface area contributed by atoms with E-state index in [0.717, 1.165) is 25.7 Å². The predicted octanol–water partition coefficient (Wildman–Crippen LogP) is 2.83. The number of aliphatic hydroxyl groups excluding tert-OH is 1. The Morgan fingerprint density at radius 3 is 2.15 bits per heavy atom. The van der Waals surface area contributed by atoms with Crippen LogP contribution in [0.15, 0.2) is 0 Å². The average Bonchev–Trinajstić information content (AvgIpc) is 2.17. The third kappa shape index (κ3) is 2.90. The molecule has 1 aliphatic rings. The maximum absolute atomic E-state index is 12.3. The van der Waals surface area contributed by atoms with Gasteiger partial charge in [-0.25, -0.2) is 8.78 Å². The molecule has 0 bridgehead atoms. The fourth-order valence-corrected chi connectivity index (χ4v) is 2.05. The van der Waals surface area contributed by atoms with E-state index in [2.05, 4.69) is 0 Å². The van der Waals surface area contributed by atoms with Crippen LogP contribution >= 0.6 is 0 Å². The van der Waals surface area contributed by atoms with Gasteiger partial charge in [-0.15, -0.1) is 0 Å². The Bertz CT molecular complexity index is 144. The molecule has 0 spiro atoms. The van der Waals surface area contributed by atoms with Gasteiger partial charge in [-0.05, 0) is 18.8 Å². The molecular formula is C10H18F2O. The molecule has 0 radical (unpaired) electrons. The quantitative estimate of drug-likeness (QED) is 0.729. The Kier molecular flexibility index (Phi) is 4.10. The molecule has 0 aliphatic heterocycles. The Morgan fingerprint density at radius 2 is 1.69 bits per heavy atom. The van der Waals surface area contributed by atoms with E-state index in [1.54, 1.807) is 0 Å². The van der Waals surface area contributed by atoms with Crippen LogP contribution in [0.1, 0.15) is 39.0 Å². The second-order valence-electron chi connectivity index (χ2n) is 4.08. The van der Waals surface area contributed by atoms with Crippen molar-refractivity contribution < 1.29 is 13.9 Å². The summed E-state index contributed by atoms with van der Waals surface area (Å²) in [4.78, 5) is 0. The normalized spacial score (nSPS) is 24.7. The first kappa shape index (κ1) is 10.9. The van der Waals surface area contributed by atoms with Crippen molar-refractivity contribution in [3.8, 4) is 0 Å². The fourth-order valence-electron chi connectivity index (χ4n) is 2.05. The van der Waals surface area contributed by atoms with Crippen LogP contribution in [0.3, 0.4) is 0 Å². The summed E-state index contributed by atoms with van der Waals surface area (Å²) in [6, 6.07) is 0. The molecule has 1 rings (SSSR count). The molecule has 1 aliphatic carbocycles. The van der Waals surface area contributed by atoms with Crippen LogP contribution in [0.4, 0.5) is 8.78 Å². The summed E-state index contributed by atoms with van der Waals surface area (Å²) < 4.78 is 24.5. The average molecular weight is 192 g/mol. The maximum atomic E-state index is 12.3. The largest absolute Gasteiger partial charge is 0.392 e. The molecule has 1 N–H and O–H groups in total. The number of alkyl halides is 2. The third-order valence-electron chi connectivity index (χ3n) is 3.07. The minimum absolute atomic E-state index is 0.109. The highest BCUT2D eigenvalue weighted by Gasteiger charge is 2.30. The highest BCUT2D eigenvalue weighted by atomic mass is 19.3. The standard InChI is InChI=1S/C10H18F2O/c1-7(10(11)12)9(13)8-5-3-2-4-6-8/h7-10,13H,2-6H2,1H3. The molecule has 1 nitrogen and oxygen atoms in total. The van der Waals surface area contributed by atoms with E-state index >= 15 is 0 Å². The fraction of sp³-hybridized carbons (Fsp3) is 1.00. The molecule has 78 valence electrons. The SMILES string of the molecule is CC(C(F)F)C(O)C1CCCCC1. The van der Waals surface area contributed by atoms with Gasteiger partial charge in [-0.1, -0.05) is 26.2 Å². The van der Waals surface area contributed by atoms with Crippen molar-refractivity contribution in [2.24, 2.45) is 11.8 Å². The molecule has 3 heteroatoms. The van der Waals surface area contributed by atoms with Crippen molar-refractivity contribution in [2.45, 2.75) is 51.6 Å². The van der Waals surface area contributed by atoms with Crippen molar-refractivity contribution in [3.63, 3.8) is 0 Å².